The fraction of sp³-hybridized carbons (Fsp3) is 0. The first-order valence-corrected chi connectivity index (χ1v) is 3.48. The van der Waals surface area contributed by atoms with E-state index in [1.807, 2.05) is 0 Å². The molecule has 4 heteroatoms. The van der Waals surface area contributed by atoms with Crippen molar-refractivity contribution >= 4 is 62.4 Å². The molecule has 1 aromatic carbocycles. The molecule has 0 aliphatic carbocycles. The quantitative estimate of drug-likeness (QED) is 0.513. The van der Waals surface area contributed by atoms with Crippen molar-refractivity contribution in [3.63, 3.8) is 0 Å². The summed E-state index contributed by atoms with van der Waals surface area (Å²) in [7, 11) is 0. The van der Waals surface area contributed by atoms with Gasteiger partial charge in [-0.05, 0) is 18.2 Å². The second-order valence-corrected chi connectivity index (χ2v) is 2.48. The normalized spacial score (nSPS) is 9.54. The summed E-state index contributed by atoms with van der Waals surface area (Å²) in [6, 6.07) is 7.65. The molecule has 0 unspecified atom stereocenters. The molecule has 13 heavy (non-hydrogen) atoms. The van der Waals surface area contributed by atoms with Gasteiger partial charge in [0.15, 0.2) is 0 Å². The Bertz CT molecular complexity index is 475. The molecule has 0 bridgehead atoms. The van der Waals surface area contributed by atoms with Crippen molar-refractivity contribution in [3.05, 3.63) is 40.8 Å². The summed E-state index contributed by atoms with van der Waals surface area (Å²) in [5.74, 6) is 0.0943. The number of phenolic OH excluding ortho intramolecular Hbond substituents is 1. The number of rotatable bonds is 0. The third kappa shape index (κ3) is 2.42. The molecule has 3 nitrogen and oxygen atoms in total. The maximum atomic E-state index is 10.7. The van der Waals surface area contributed by atoms with Crippen molar-refractivity contribution in [2.24, 2.45) is 0 Å². The molecular formula is C9H6KO3. The molecule has 0 fully saturated rings. The molecule has 61 valence electrons. The van der Waals surface area contributed by atoms with Crippen LogP contribution >= 0.6 is 0 Å². The van der Waals surface area contributed by atoms with Crippen molar-refractivity contribution in [1.29, 1.82) is 0 Å². The molecule has 0 saturated heterocycles. The summed E-state index contributed by atoms with van der Waals surface area (Å²) in [5, 5.41) is 9.86. The van der Waals surface area contributed by atoms with E-state index in [0.717, 1.165) is 5.39 Å². The van der Waals surface area contributed by atoms with E-state index >= 15 is 0 Å². The molecular weight excluding hydrogens is 195 g/mol. The van der Waals surface area contributed by atoms with Crippen LogP contribution in [-0.2, 0) is 0 Å². The molecule has 1 aromatic heterocycles. The van der Waals surface area contributed by atoms with Crippen LogP contribution < -0.4 is 5.63 Å². The summed E-state index contributed by atoms with van der Waals surface area (Å²) in [4.78, 5) is 10.7. The van der Waals surface area contributed by atoms with Crippen LogP contribution in [0.2, 0.25) is 0 Å². The van der Waals surface area contributed by atoms with Gasteiger partial charge in [-0.25, -0.2) is 4.79 Å². The molecule has 2 aromatic rings. The Labute approximate surface area is 117 Å². The Balaban J connectivity index is 0.000000845. The van der Waals surface area contributed by atoms with E-state index in [1.54, 1.807) is 18.2 Å². The molecule has 0 amide bonds. The van der Waals surface area contributed by atoms with Gasteiger partial charge in [0.25, 0.3) is 0 Å². The van der Waals surface area contributed by atoms with Gasteiger partial charge in [-0.15, -0.1) is 0 Å². The van der Waals surface area contributed by atoms with Gasteiger partial charge in [0.2, 0.25) is 0 Å². The van der Waals surface area contributed by atoms with Gasteiger partial charge < -0.3 is 9.52 Å². The third-order valence-corrected chi connectivity index (χ3v) is 1.61. The number of fused-ring (bicyclic) bond motifs is 1. The minimum Gasteiger partial charge on any atom is -0.508 e. The molecule has 0 saturated carbocycles. The molecule has 0 atom stereocenters. The van der Waals surface area contributed by atoms with Crippen molar-refractivity contribution in [1.82, 2.24) is 0 Å². The number of hydrogen-bond acceptors (Lipinski definition) is 3. The Kier molecular flexibility index (Phi) is 3.70. The van der Waals surface area contributed by atoms with E-state index in [0.29, 0.717) is 5.58 Å². The van der Waals surface area contributed by atoms with Crippen molar-refractivity contribution in [2.75, 3.05) is 0 Å². The summed E-state index contributed by atoms with van der Waals surface area (Å²) in [6.45, 7) is 0. The zero-order valence-corrected chi connectivity index (χ0v) is 10.3. The topological polar surface area (TPSA) is 50.4 Å². The van der Waals surface area contributed by atoms with Crippen LogP contribution in [-0.4, -0.2) is 56.5 Å². The molecule has 0 aliphatic rings. The van der Waals surface area contributed by atoms with Gasteiger partial charge in [-0.3, -0.25) is 0 Å². The molecule has 1 N–H and O–H groups in total. The van der Waals surface area contributed by atoms with Crippen LogP contribution in [0.4, 0.5) is 0 Å². The number of benzene rings is 1. The summed E-state index contributed by atoms with van der Waals surface area (Å²) in [5.41, 5.74) is -0.00407. The summed E-state index contributed by atoms with van der Waals surface area (Å²) >= 11 is 0. The van der Waals surface area contributed by atoms with Crippen molar-refractivity contribution in [3.8, 4) is 5.75 Å². The Hall–Kier alpha value is -0.134. The largest absolute Gasteiger partial charge is 0.508 e. The third-order valence-electron chi connectivity index (χ3n) is 1.61. The zero-order chi connectivity index (χ0) is 8.55. The van der Waals surface area contributed by atoms with Crippen LogP contribution in [0.25, 0.3) is 11.0 Å². The molecule has 2 rings (SSSR count). The standard InChI is InChI=1S/C9H6O3.K/c10-7-3-1-6-2-4-9(11)12-8(6)5-7;/h1-5,10H;. The number of phenols is 1. The van der Waals surface area contributed by atoms with Gasteiger partial charge in [0.05, 0.1) is 0 Å². The number of aromatic hydroxyl groups is 1. The summed E-state index contributed by atoms with van der Waals surface area (Å²) < 4.78 is 4.83. The second-order valence-electron chi connectivity index (χ2n) is 2.48. The van der Waals surface area contributed by atoms with E-state index in [1.165, 1.54) is 12.1 Å². The van der Waals surface area contributed by atoms with Gasteiger partial charge >= 0.3 is 5.63 Å². The predicted octanol–water partition coefficient (Wildman–Crippen LogP) is 1.12. The van der Waals surface area contributed by atoms with Gasteiger partial charge in [-0.1, -0.05) is 0 Å². The summed E-state index contributed by atoms with van der Waals surface area (Å²) in [6.07, 6.45) is 0. The predicted molar refractivity (Wildman–Crippen MR) is 49.9 cm³/mol. The van der Waals surface area contributed by atoms with E-state index in [4.69, 9.17) is 9.52 Å². The fourth-order valence-corrected chi connectivity index (χ4v) is 1.05. The van der Waals surface area contributed by atoms with Crippen LogP contribution in [0.1, 0.15) is 0 Å². The van der Waals surface area contributed by atoms with Crippen molar-refractivity contribution < 1.29 is 9.52 Å². The van der Waals surface area contributed by atoms with Crippen LogP contribution in [0.15, 0.2) is 39.5 Å². The van der Waals surface area contributed by atoms with Gasteiger partial charge in [0.1, 0.15) is 11.3 Å². The maximum Gasteiger partial charge on any atom is 0.336 e. The first kappa shape index (κ1) is 10.9. The van der Waals surface area contributed by atoms with Crippen LogP contribution in [0.3, 0.4) is 0 Å². The van der Waals surface area contributed by atoms with Gasteiger partial charge in [0, 0.05) is 68.9 Å². The van der Waals surface area contributed by atoms with Crippen molar-refractivity contribution in [2.45, 2.75) is 0 Å². The first-order valence-electron chi connectivity index (χ1n) is 3.48. The van der Waals surface area contributed by atoms with E-state index in [2.05, 4.69) is 0 Å². The monoisotopic (exact) mass is 201 g/mol. The van der Waals surface area contributed by atoms with E-state index in [-0.39, 0.29) is 57.1 Å². The molecule has 0 spiro atoms. The Morgan fingerprint density at radius 2 is 1.85 bits per heavy atom. The van der Waals surface area contributed by atoms with Crippen LogP contribution in [0, 0.1) is 0 Å². The maximum absolute atomic E-state index is 10.7. The van der Waals surface area contributed by atoms with E-state index in [9.17, 15) is 4.79 Å². The zero-order valence-electron chi connectivity index (χ0n) is 7.15. The average Bonchev–Trinajstić information content (AvgIpc) is 2.03. The molecule has 1 heterocycles. The SMILES string of the molecule is O=c1ccc2ccc(O)cc2o1.[K]. The minimum absolute atomic E-state index is 0. The number of hydrogen-bond donors (Lipinski definition) is 1. The first-order chi connectivity index (χ1) is 5.75. The fourth-order valence-electron chi connectivity index (χ4n) is 1.05. The Morgan fingerprint density at radius 1 is 1.15 bits per heavy atom. The minimum atomic E-state index is -0.409. The van der Waals surface area contributed by atoms with Gasteiger partial charge in [-0.2, -0.15) is 0 Å². The molecule has 1 radical (unpaired) electrons. The smallest absolute Gasteiger partial charge is 0.336 e. The average molecular weight is 201 g/mol. The Morgan fingerprint density at radius 3 is 2.62 bits per heavy atom. The van der Waals surface area contributed by atoms with E-state index < -0.39 is 5.63 Å². The second kappa shape index (κ2) is 4.39. The van der Waals surface area contributed by atoms with Crippen LogP contribution in [0.5, 0.6) is 5.75 Å². The molecule has 0 aliphatic heterocycles.